The van der Waals surface area contributed by atoms with Crippen LogP contribution in [0.1, 0.15) is 35.7 Å². The van der Waals surface area contributed by atoms with Gasteiger partial charge in [0.05, 0.1) is 30.6 Å². The Hall–Kier alpha value is -2.31. The van der Waals surface area contributed by atoms with Gasteiger partial charge in [0.15, 0.2) is 0 Å². The third-order valence-electron chi connectivity index (χ3n) is 4.37. The summed E-state index contributed by atoms with van der Waals surface area (Å²) in [7, 11) is 3.51. The second kappa shape index (κ2) is 6.06. The normalized spacial score (nSPS) is 17.7. The van der Waals surface area contributed by atoms with Gasteiger partial charge in [-0.3, -0.25) is 9.48 Å². The maximum absolute atomic E-state index is 12.7. The van der Waals surface area contributed by atoms with Crippen LogP contribution < -0.4 is 4.74 Å². The Morgan fingerprint density at radius 2 is 2.22 bits per heavy atom. The van der Waals surface area contributed by atoms with Crippen LogP contribution in [0.3, 0.4) is 0 Å². The predicted molar refractivity (Wildman–Crippen MR) is 85.1 cm³/mol. The molecule has 0 aromatic carbocycles. The van der Waals surface area contributed by atoms with Gasteiger partial charge in [0.2, 0.25) is 11.8 Å². The van der Waals surface area contributed by atoms with Crippen molar-refractivity contribution in [2.45, 2.75) is 39.3 Å². The first-order valence-electron chi connectivity index (χ1n) is 7.87. The molecule has 1 aliphatic heterocycles. The second-order valence-corrected chi connectivity index (χ2v) is 6.09. The minimum atomic E-state index is 0.0304. The number of ether oxygens (including phenoxy) is 1. The Kier molecular flexibility index (Phi) is 4.11. The topological polar surface area (TPSA) is 65.2 Å². The SMILES string of the molecule is COc1c([C@H]2CCCN2C(=O)Cn2cc(C)cn2)c(C)nn1C. The van der Waals surface area contributed by atoms with Crippen molar-refractivity contribution >= 4 is 5.91 Å². The summed E-state index contributed by atoms with van der Waals surface area (Å²) in [6, 6.07) is 0.0304. The summed E-state index contributed by atoms with van der Waals surface area (Å²) < 4.78 is 8.94. The van der Waals surface area contributed by atoms with E-state index in [4.69, 9.17) is 4.74 Å². The molecule has 0 unspecified atom stereocenters. The molecule has 3 rings (SSSR count). The average molecular weight is 317 g/mol. The summed E-state index contributed by atoms with van der Waals surface area (Å²) in [6.07, 6.45) is 5.58. The van der Waals surface area contributed by atoms with Gasteiger partial charge in [-0.1, -0.05) is 0 Å². The number of hydrogen-bond acceptors (Lipinski definition) is 4. The van der Waals surface area contributed by atoms with E-state index in [1.165, 1.54) is 0 Å². The zero-order valence-electron chi connectivity index (χ0n) is 14.1. The van der Waals surface area contributed by atoms with E-state index in [2.05, 4.69) is 10.2 Å². The highest BCUT2D eigenvalue weighted by Crippen LogP contribution is 2.38. The molecule has 0 spiro atoms. The van der Waals surface area contributed by atoms with Crippen molar-refractivity contribution in [1.29, 1.82) is 0 Å². The number of rotatable bonds is 4. The molecule has 1 saturated heterocycles. The summed E-state index contributed by atoms with van der Waals surface area (Å²) in [6.45, 7) is 4.97. The molecule has 23 heavy (non-hydrogen) atoms. The zero-order valence-corrected chi connectivity index (χ0v) is 14.1. The van der Waals surface area contributed by atoms with Crippen LogP contribution in [0.15, 0.2) is 12.4 Å². The summed E-state index contributed by atoms with van der Waals surface area (Å²) in [5, 5.41) is 8.65. The largest absolute Gasteiger partial charge is 0.481 e. The van der Waals surface area contributed by atoms with Gasteiger partial charge < -0.3 is 9.64 Å². The lowest BCUT2D eigenvalue weighted by molar-refractivity contribution is -0.133. The number of aromatic nitrogens is 4. The summed E-state index contributed by atoms with van der Waals surface area (Å²) in [5.41, 5.74) is 3.00. The number of hydrogen-bond donors (Lipinski definition) is 0. The minimum Gasteiger partial charge on any atom is -0.481 e. The molecular formula is C16H23N5O2. The van der Waals surface area contributed by atoms with E-state index >= 15 is 0 Å². The molecule has 0 bridgehead atoms. The lowest BCUT2D eigenvalue weighted by atomic mass is 10.0. The van der Waals surface area contributed by atoms with Crippen LogP contribution >= 0.6 is 0 Å². The van der Waals surface area contributed by atoms with Crippen molar-refractivity contribution < 1.29 is 9.53 Å². The van der Waals surface area contributed by atoms with E-state index in [1.54, 1.807) is 22.7 Å². The molecule has 7 nitrogen and oxygen atoms in total. The number of amides is 1. The van der Waals surface area contributed by atoms with E-state index in [0.29, 0.717) is 0 Å². The van der Waals surface area contributed by atoms with E-state index < -0.39 is 0 Å². The third-order valence-corrected chi connectivity index (χ3v) is 4.37. The maximum Gasteiger partial charge on any atom is 0.244 e. The lowest BCUT2D eigenvalue weighted by Gasteiger charge is -2.25. The average Bonchev–Trinajstić information content (AvgIpc) is 3.18. The first-order chi connectivity index (χ1) is 11.0. The van der Waals surface area contributed by atoms with Gasteiger partial charge in [-0.05, 0) is 32.3 Å². The molecule has 7 heteroatoms. The van der Waals surface area contributed by atoms with Gasteiger partial charge in [0.25, 0.3) is 0 Å². The Balaban J connectivity index is 1.84. The van der Waals surface area contributed by atoms with Crippen LogP contribution in [-0.2, 0) is 18.4 Å². The molecule has 1 amide bonds. The monoisotopic (exact) mass is 317 g/mol. The quantitative estimate of drug-likeness (QED) is 0.859. The van der Waals surface area contributed by atoms with Gasteiger partial charge in [-0.25, -0.2) is 4.68 Å². The molecule has 124 valence electrons. The van der Waals surface area contributed by atoms with Gasteiger partial charge in [0.1, 0.15) is 6.54 Å². The number of carbonyl (C=O) groups excluding carboxylic acids is 1. The van der Waals surface area contributed by atoms with Crippen LogP contribution in [0.5, 0.6) is 5.88 Å². The molecule has 0 saturated carbocycles. The predicted octanol–water partition coefficient (Wildman–Crippen LogP) is 1.61. The van der Waals surface area contributed by atoms with E-state index in [-0.39, 0.29) is 18.5 Å². The Bertz CT molecular complexity index is 718. The van der Waals surface area contributed by atoms with Crippen molar-refractivity contribution in [1.82, 2.24) is 24.5 Å². The first-order valence-corrected chi connectivity index (χ1v) is 7.87. The fourth-order valence-corrected chi connectivity index (χ4v) is 3.43. The van der Waals surface area contributed by atoms with Crippen molar-refractivity contribution in [3.05, 3.63) is 29.2 Å². The zero-order chi connectivity index (χ0) is 16.6. The molecule has 3 heterocycles. The molecule has 1 fully saturated rings. The molecule has 2 aromatic rings. The van der Waals surface area contributed by atoms with Gasteiger partial charge >= 0.3 is 0 Å². The van der Waals surface area contributed by atoms with Crippen molar-refractivity contribution in [3.63, 3.8) is 0 Å². The fraction of sp³-hybridized carbons (Fsp3) is 0.562. The Labute approximate surface area is 135 Å². The highest BCUT2D eigenvalue weighted by Gasteiger charge is 2.35. The number of carbonyl (C=O) groups is 1. The minimum absolute atomic E-state index is 0.0304. The lowest BCUT2D eigenvalue weighted by Crippen LogP contribution is -2.33. The van der Waals surface area contributed by atoms with Crippen LogP contribution in [0.25, 0.3) is 0 Å². The van der Waals surface area contributed by atoms with Crippen molar-refractivity contribution in [2.24, 2.45) is 7.05 Å². The smallest absolute Gasteiger partial charge is 0.244 e. The van der Waals surface area contributed by atoms with E-state index in [1.807, 2.05) is 32.0 Å². The third kappa shape index (κ3) is 2.83. The number of methoxy groups -OCH3 is 1. The Morgan fingerprint density at radius 1 is 1.43 bits per heavy atom. The molecular weight excluding hydrogens is 294 g/mol. The fourth-order valence-electron chi connectivity index (χ4n) is 3.43. The van der Waals surface area contributed by atoms with Gasteiger partial charge in [-0.2, -0.15) is 10.2 Å². The molecule has 1 atom stereocenters. The summed E-state index contributed by atoms with van der Waals surface area (Å²) in [4.78, 5) is 14.7. The van der Waals surface area contributed by atoms with Crippen molar-refractivity contribution in [2.75, 3.05) is 13.7 Å². The standard InChI is InChI=1S/C16H23N5O2/c1-11-8-17-20(9-11)10-14(22)21-7-5-6-13(21)15-12(2)18-19(3)16(15)23-4/h8-9,13H,5-7,10H2,1-4H3/t13-/m1/s1. The van der Waals surface area contributed by atoms with Crippen LogP contribution in [0.2, 0.25) is 0 Å². The highest BCUT2D eigenvalue weighted by atomic mass is 16.5. The van der Waals surface area contributed by atoms with Crippen LogP contribution in [0, 0.1) is 13.8 Å². The molecule has 0 aliphatic carbocycles. The van der Waals surface area contributed by atoms with Gasteiger partial charge in [0, 0.05) is 19.8 Å². The second-order valence-electron chi connectivity index (χ2n) is 6.09. The van der Waals surface area contributed by atoms with E-state index in [9.17, 15) is 4.79 Å². The summed E-state index contributed by atoms with van der Waals surface area (Å²) in [5.74, 6) is 0.822. The van der Waals surface area contributed by atoms with Crippen molar-refractivity contribution in [3.8, 4) is 5.88 Å². The van der Waals surface area contributed by atoms with Crippen LogP contribution in [0.4, 0.5) is 0 Å². The summed E-state index contributed by atoms with van der Waals surface area (Å²) >= 11 is 0. The molecule has 0 N–H and O–H groups in total. The van der Waals surface area contributed by atoms with E-state index in [0.717, 1.165) is 42.1 Å². The molecule has 0 radical (unpaired) electrons. The van der Waals surface area contributed by atoms with Crippen LogP contribution in [-0.4, -0.2) is 44.0 Å². The number of nitrogens with zero attached hydrogens (tertiary/aromatic N) is 5. The van der Waals surface area contributed by atoms with Gasteiger partial charge in [-0.15, -0.1) is 0 Å². The Morgan fingerprint density at radius 3 is 2.87 bits per heavy atom. The molecule has 2 aromatic heterocycles. The maximum atomic E-state index is 12.7. The number of likely N-dealkylation sites (tertiary alicyclic amines) is 1. The highest BCUT2D eigenvalue weighted by molar-refractivity contribution is 5.77. The molecule has 1 aliphatic rings. The first kappa shape index (κ1) is 15.6. The number of aryl methyl sites for hydroxylation is 3.